The molecule has 0 aliphatic carbocycles. The summed E-state index contributed by atoms with van der Waals surface area (Å²) in [7, 11) is 0. The number of hydrogen-bond acceptors (Lipinski definition) is 5. The Hall–Kier alpha value is -1.24. The first-order valence-electron chi connectivity index (χ1n) is 3.71. The van der Waals surface area contributed by atoms with Crippen molar-refractivity contribution in [1.82, 2.24) is 0 Å². The molecular weight excluding hydrogens is 180 g/mol. The van der Waals surface area contributed by atoms with Crippen molar-refractivity contribution in [2.45, 2.75) is 32.5 Å². The van der Waals surface area contributed by atoms with E-state index >= 15 is 0 Å². The molecule has 0 rings (SSSR count). The molecule has 7 heteroatoms. The summed E-state index contributed by atoms with van der Waals surface area (Å²) in [5, 5.41) is 20.7. The van der Waals surface area contributed by atoms with E-state index in [4.69, 9.17) is 4.74 Å². The smallest absolute Gasteiger partial charge is 0.364 e. The molecule has 0 atom stereocenters. The number of hydrogen-bond donors (Lipinski definition) is 0. The van der Waals surface area contributed by atoms with E-state index in [2.05, 4.69) is 0 Å². The molecule has 0 radical (unpaired) electrons. The van der Waals surface area contributed by atoms with Crippen LogP contribution in [0.4, 0.5) is 0 Å². The van der Waals surface area contributed by atoms with Crippen molar-refractivity contribution in [2.75, 3.05) is 6.61 Å². The molecule has 0 amide bonds. The molecular formula is C6H12N2O5. The summed E-state index contributed by atoms with van der Waals surface area (Å²) < 4.78 is 4.85. The van der Waals surface area contributed by atoms with E-state index in [-0.39, 0.29) is 6.10 Å². The van der Waals surface area contributed by atoms with Crippen molar-refractivity contribution in [2.24, 2.45) is 0 Å². The normalized spacial score (nSPS) is 11.7. The average molecular weight is 192 g/mol. The molecule has 7 nitrogen and oxygen atoms in total. The second kappa shape index (κ2) is 4.13. The summed E-state index contributed by atoms with van der Waals surface area (Å²) in [6.45, 7) is 3.71. The fourth-order valence-corrected chi connectivity index (χ4v) is 0.497. The molecule has 0 aliphatic heterocycles. The summed E-state index contributed by atoms with van der Waals surface area (Å²) >= 11 is 0. The van der Waals surface area contributed by atoms with Gasteiger partial charge in [-0.05, 0) is 13.8 Å². The van der Waals surface area contributed by atoms with Crippen LogP contribution in [0.5, 0.6) is 0 Å². The third-order valence-corrected chi connectivity index (χ3v) is 1.48. The minimum atomic E-state index is -2.25. The molecule has 0 bridgehead atoms. The second-order valence-corrected chi connectivity index (χ2v) is 3.09. The Morgan fingerprint density at radius 1 is 1.31 bits per heavy atom. The molecule has 0 heterocycles. The van der Waals surface area contributed by atoms with E-state index in [1.54, 1.807) is 13.8 Å². The zero-order chi connectivity index (χ0) is 10.6. The predicted molar refractivity (Wildman–Crippen MR) is 43.5 cm³/mol. The van der Waals surface area contributed by atoms with Gasteiger partial charge in [0.25, 0.3) is 0 Å². The van der Waals surface area contributed by atoms with E-state index in [1.807, 2.05) is 0 Å². The van der Waals surface area contributed by atoms with Gasteiger partial charge in [-0.25, -0.2) is 0 Å². The van der Waals surface area contributed by atoms with Crippen LogP contribution in [0, 0.1) is 20.2 Å². The Balaban J connectivity index is 4.44. The van der Waals surface area contributed by atoms with Gasteiger partial charge in [0.1, 0.15) is 9.85 Å². The average Bonchev–Trinajstić information content (AvgIpc) is 1.99. The SMILES string of the molecule is CC(C)OCC(C)([N+](=O)[O-])[N+](=O)[O-]. The summed E-state index contributed by atoms with van der Waals surface area (Å²) in [4.78, 5) is 18.8. The molecule has 0 aliphatic rings. The van der Waals surface area contributed by atoms with Gasteiger partial charge in [-0.1, -0.05) is 0 Å². The fourth-order valence-electron chi connectivity index (χ4n) is 0.497. The maximum absolute atomic E-state index is 10.4. The highest BCUT2D eigenvalue weighted by molar-refractivity contribution is 4.58. The first-order chi connectivity index (χ1) is 5.80. The summed E-state index contributed by atoms with van der Waals surface area (Å²) in [6.07, 6.45) is -0.265. The highest BCUT2D eigenvalue weighted by Crippen LogP contribution is 2.11. The molecule has 0 unspecified atom stereocenters. The maximum atomic E-state index is 10.4. The summed E-state index contributed by atoms with van der Waals surface area (Å²) in [5.41, 5.74) is -2.25. The Labute approximate surface area is 75.0 Å². The van der Waals surface area contributed by atoms with Crippen molar-refractivity contribution < 1.29 is 14.6 Å². The lowest BCUT2D eigenvalue weighted by atomic mass is 10.2. The molecule has 0 aromatic heterocycles. The van der Waals surface area contributed by atoms with Crippen LogP contribution in [0.15, 0.2) is 0 Å². The van der Waals surface area contributed by atoms with Gasteiger partial charge in [0, 0.05) is 0 Å². The lowest BCUT2D eigenvalue weighted by molar-refractivity contribution is -0.794. The van der Waals surface area contributed by atoms with Crippen LogP contribution in [-0.2, 0) is 4.74 Å². The first kappa shape index (κ1) is 11.8. The van der Waals surface area contributed by atoms with Crippen LogP contribution < -0.4 is 0 Å². The molecule has 0 aromatic rings. The van der Waals surface area contributed by atoms with Crippen LogP contribution in [0.2, 0.25) is 0 Å². The molecule has 0 fully saturated rings. The first-order valence-corrected chi connectivity index (χ1v) is 3.71. The van der Waals surface area contributed by atoms with E-state index in [0.717, 1.165) is 6.92 Å². The Bertz CT molecular complexity index is 201. The fraction of sp³-hybridized carbons (Fsp3) is 1.00. The minimum Gasteiger partial charge on any atom is -0.364 e. The molecule has 13 heavy (non-hydrogen) atoms. The highest BCUT2D eigenvalue weighted by Gasteiger charge is 2.51. The van der Waals surface area contributed by atoms with Crippen LogP contribution >= 0.6 is 0 Å². The third-order valence-electron chi connectivity index (χ3n) is 1.48. The topological polar surface area (TPSA) is 95.5 Å². The van der Waals surface area contributed by atoms with Gasteiger partial charge in [-0.15, -0.1) is 0 Å². The molecule has 76 valence electrons. The highest BCUT2D eigenvalue weighted by atomic mass is 16.7. The number of nitro groups is 2. The van der Waals surface area contributed by atoms with Gasteiger partial charge in [-0.3, -0.25) is 20.2 Å². The van der Waals surface area contributed by atoms with Crippen molar-refractivity contribution in [3.05, 3.63) is 20.2 Å². The zero-order valence-corrected chi connectivity index (χ0v) is 7.72. The molecule has 0 saturated heterocycles. The van der Waals surface area contributed by atoms with Crippen molar-refractivity contribution >= 4 is 0 Å². The van der Waals surface area contributed by atoms with Gasteiger partial charge in [0.2, 0.25) is 0 Å². The predicted octanol–water partition coefficient (Wildman–Crippen LogP) is 0.681. The van der Waals surface area contributed by atoms with Gasteiger partial charge in [-0.2, -0.15) is 0 Å². The number of nitrogens with zero attached hydrogens (tertiary/aromatic N) is 2. The zero-order valence-electron chi connectivity index (χ0n) is 7.72. The molecule has 0 spiro atoms. The largest absolute Gasteiger partial charge is 0.478 e. The Morgan fingerprint density at radius 3 is 1.92 bits per heavy atom. The van der Waals surface area contributed by atoms with E-state index < -0.39 is 22.1 Å². The standard InChI is InChI=1S/C6H12N2O5/c1-5(2)13-4-6(3,7(9)10)8(11)12/h5H,4H2,1-3H3. The van der Waals surface area contributed by atoms with Crippen molar-refractivity contribution in [1.29, 1.82) is 0 Å². The van der Waals surface area contributed by atoms with Crippen molar-refractivity contribution in [3.8, 4) is 0 Å². The Kier molecular flexibility index (Phi) is 3.73. The number of rotatable bonds is 5. The monoisotopic (exact) mass is 192 g/mol. The third kappa shape index (κ3) is 2.94. The van der Waals surface area contributed by atoms with E-state index in [9.17, 15) is 20.2 Å². The van der Waals surface area contributed by atoms with Gasteiger partial charge < -0.3 is 4.74 Å². The quantitative estimate of drug-likeness (QED) is 0.362. The van der Waals surface area contributed by atoms with E-state index in [0.29, 0.717) is 0 Å². The van der Waals surface area contributed by atoms with Crippen molar-refractivity contribution in [3.63, 3.8) is 0 Å². The van der Waals surface area contributed by atoms with E-state index in [1.165, 1.54) is 0 Å². The molecule has 0 N–H and O–H groups in total. The van der Waals surface area contributed by atoms with Crippen LogP contribution in [0.1, 0.15) is 20.8 Å². The van der Waals surface area contributed by atoms with Gasteiger partial charge in [0.15, 0.2) is 6.61 Å². The second-order valence-electron chi connectivity index (χ2n) is 3.09. The Morgan fingerprint density at radius 2 is 1.69 bits per heavy atom. The summed E-state index contributed by atoms with van der Waals surface area (Å²) in [6, 6.07) is 0. The van der Waals surface area contributed by atoms with Crippen LogP contribution in [0.3, 0.4) is 0 Å². The minimum absolute atomic E-state index is 0.265. The summed E-state index contributed by atoms with van der Waals surface area (Å²) in [5.74, 6) is 0. The lowest BCUT2D eigenvalue weighted by Gasteiger charge is -2.14. The number of ether oxygens (including phenoxy) is 1. The van der Waals surface area contributed by atoms with Gasteiger partial charge >= 0.3 is 5.66 Å². The van der Waals surface area contributed by atoms with Crippen LogP contribution in [-0.4, -0.2) is 28.2 Å². The van der Waals surface area contributed by atoms with Crippen LogP contribution in [0.25, 0.3) is 0 Å². The lowest BCUT2D eigenvalue weighted by Crippen LogP contribution is -2.47. The maximum Gasteiger partial charge on any atom is 0.478 e. The van der Waals surface area contributed by atoms with Gasteiger partial charge in [0.05, 0.1) is 13.0 Å². The molecule has 0 saturated carbocycles. The molecule has 0 aromatic carbocycles.